The van der Waals surface area contributed by atoms with E-state index in [2.05, 4.69) is 18.8 Å². The van der Waals surface area contributed by atoms with Crippen molar-refractivity contribution in [2.75, 3.05) is 0 Å². The number of ketones is 1. The van der Waals surface area contributed by atoms with Crippen LogP contribution in [0, 0.1) is 0 Å². The minimum Gasteiger partial charge on any atom is -0.381 e. The Morgan fingerprint density at radius 1 is 1.27 bits per heavy atom. The third-order valence-electron chi connectivity index (χ3n) is 3.65. The molecule has 0 saturated heterocycles. The van der Waals surface area contributed by atoms with Crippen molar-refractivity contribution >= 4 is 29.1 Å². The van der Waals surface area contributed by atoms with E-state index >= 15 is 0 Å². The molecule has 0 aliphatic heterocycles. The molecule has 0 aromatic carbocycles. The second kappa shape index (κ2) is 11.5. The zero-order valence-corrected chi connectivity index (χ0v) is 16.5. The number of hydrogen-bond donors (Lipinski definition) is 2. The molecule has 0 spiro atoms. The molecular formula is C20H28N2O3S. The van der Waals surface area contributed by atoms with Crippen LogP contribution in [0.4, 0.5) is 0 Å². The Labute approximate surface area is 159 Å². The summed E-state index contributed by atoms with van der Waals surface area (Å²) in [5.74, 6) is -0.273. The van der Waals surface area contributed by atoms with Crippen LogP contribution in [0.15, 0.2) is 35.3 Å². The number of allylic oxidation sites excluding steroid dienone is 3. The number of nitrogens with zero attached hydrogens (tertiary/aromatic N) is 1. The number of rotatable bonds is 11. The van der Waals surface area contributed by atoms with Gasteiger partial charge in [-0.2, -0.15) is 0 Å². The van der Waals surface area contributed by atoms with Gasteiger partial charge in [-0.3, -0.25) is 9.59 Å². The lowest BCUT2D eigenvalue weighted by atomic mass is 10.1. The van der Waals surface area contributed by atoms with Crippen molar-refractivity contribution < 1.29 is 14.7 Å². The van der Waals surface area contributed by atoms with Gasteiger partial charge in [0, 0.05) is 17.7 Å². The summed E-state index contributed by atoms with van der Waals surface area (Å²) in [6, 6.07) is 0. The van der Waals surface area contributed by atoms with Gasteiger partial charge in [0.05, 0.1) is 10.7 Å². The van der Waals surface area contributed by atoms with Crippen LogP contribution in [0.1, 0.15) is 63.1 Å². The number of nitrogens with two attached hydrogens (primary N) is 1. The summed E-state index contributed by atoms with van der Waals surface area (Å²) < 4.78 is 0. The molecule has 5 nitrogen and oxygen atoms in total. The third kappa shape index (κ3) is 8.87. The molecule has 1 aromatic heterocycles. The maximum absolute atomic E-state index is 11.9. The van der Waals surface area contributed by atoms with Crippen molar-refractivity contribution in [2.24, 2.45) is 5.73 Å². The summed E-state index contributed by atoms with van der Waals surface area (Å²) in [5.41, 5.74) is 6.87. The second-order valence-corrected chi connectivity index (χ2v) is 7.41. The molecule has 0 radical (unpaired) electrons. The van der Waals surface area contributed by atoms with E-state index in [1.807, 2.05) is 18.4 Å². The van der Waals surface area contributed by atoms with Gasteiger partial charge in [0.15, 0.2) is 5.78 Å². The topological polar surface area (TPSA) is 93.3 Å². The van der Waals surface area contributed by atoms with Gasteiger partial charge in [0.2, 0.25) is 5.91 Å². The Kier molecular flexibility index (Phi) is 9.76. The summed E-state index contributed by atoms with van der Waals surface area (Å²) in [6.45, 7) is 6.05. The Balaban J connectivity index is 2.44. The smallest absolute Gasteiger partial charge is 0.217 e. The molecule has 142 valence electrons. The van der Waals surface area contributed by atoms with E-state index in [4.69, 9.17) is 5.73 Å². The van der Waals surface area contributed by atoms with E-state index < -0.39 is 6.10 Å². The number of carbonyl (C=O) groups excluding carboxylic acids is 2. The van der Waals surface area contributed by atoms with Crippen LogP contribution in [0.25, 0.3) is 6.08 Å². The highest BCUT2D eigenvalue weighted by molar-refractivity contribution is 7.09. The number of aromatic nitrogens is 1. The highest BCUT2D eigenvalue weighted by Gasteiger charge is 2.08. The number of hydrogen-bond acceptors (Lipinski definition) is 5. The summed E-state index contributed by atoms with van der Waals surface area (Å²) in [5, 5.41) is 13.0. The van der Waals surface area contributed by atoms with Crippen molar-refractivity contribution in [2.45, 2.75) is 58.5 Å². The Morgan fingerprint density at radius 3 is 2.58 bits per heavy atom. The molecule has 0 fully saturated rings. The number of aliphatic hydroxyl groups excluding tert-OH is 1. The van der Waals surface area contributed by atoms with Gasteiger partial charge < -0.3 is 10.8 Å². The van der Waals surface area contributed by atoms with Crippen LogP contribution < -0.4 is 5.73 Å². The van der Waals surface area contributed by atoms with Gasteiger partial charge in [0.25, 0.3) is 0 Å². The van der Waals surface area contributed by atoms with Crippen molar-refractivity contribution in [3.05, 3.63) is 46.0 Å². The van der Waals surface area contributed by atoms with Gasteiger partial charge >= 0.3 is 0 Å². The van der Waals surface area contributed by atoms with Gasteiger partial charge in [-0.1, -0.05) is 31.6 Å². The highest BCUT2D eigenvalue weighted by Crippen LogP contribution is 2.19. The Hall–Kier alpha value is -2.05. The van der Waals surface area contributed by atoms with E-state index in [0.29, 0.717) is 18.8 Å². The Bertz CT molecular complexity index is 687. The van der Waals surface area contributed by atoms with Crippen LogP contribution in [0.5, 0.6) is 0 Å². The first-order valence-corrected chi connectivity index (χ1v) is 9.65. The summed E-state index contributed by atoms with van der Waals surface area (Å²) in [7, 11) is 0. The summed E-state index contributed by atoms with van der Waals surface area (Å²) in [4.78, 5) is 27.0. The zero-order chi connectivity index (χ0) is 19.5. The fourth-order valence-electron chi connectivity index (χ4n) is 2.18. The molecule has 1 heterocycles. The highest BCUT2D eigenvalue weighted by atomic mass is 32.1. The molecule has 26 heavy (non-hydrogen) atoms. The first kappa shape index (κ1) is 22.0. The molecule has 6 heteroatoms. The van der Waals surface area contributed by atoms with Crippen molar-refractivity contribution in [3.63, 3.8) is 0 Å². The SMILES string of the molecule is C/C(=C\C(O)C(=O)/C=C/C=C\c1csc(C(C)C)n1)CCCCC(N)=O. The Morgan fingerprint density at radius 2 is 1.96 bits per heavy atom. The van der Waals surface area contributed by atoms with E-state index in [0.717, 1.165) is 29.1 Å². The van der Waals surface area contributed by atoms with Crippen molar-refractivity contribution in [3.8, 4) is 0 Å². The fourth-order valence-corrected chi connectivity index (χ4v) is 2.99. The van der Waals surface area contributed by atoms with E-state index in [1.165, 1.54) is 6.08 Å². The lowest BCUT2D eigenvalue weighted by Crippen LogP contribution is -2.15. The van der Waals surface area contributed by atoms with Crippen molar-refractivity contribution in [1.29, 1.82) is 0 Å². The number of thiazole rings is 1. The van der Waals surface area contributed by atoms with Gasteiger partial charge in [-0.15, -0.1) is 11.3 Å². The molecule has 3 N–H and O–H groups in total. The maximum atomic E-state index is 11.9. The lowest BCUT2D eigenvalue weighted by Gasteiger charge is -2.04. The number of aliphatic hydroxyl groups is 1. The van der Waals surface area contributed by atoms with Crippen LogP contribution in [-0.2, 0) is 9.59 Å². The predicted molar refractivity (Wildman–Crippen MR) is 107 cm³/mol. The molecule has 0 bridgehead atoms. The number of carbonyl (C=O) groups is 2. The number of primary amides is 1. The summed E-state index contributed by atoms with van der Waals surface area (Å²) >= 11 is 1.62. The van der Waals surface area contributed by atoms with Crippen molar-refractivity contribution in [1.82, 2.24) is 4.98 Å². The normalized spacial score (nSPS) is 13.8. The quantitative estimate of drug-likeness (QED) is 0.266. The molecule has 1 atom stereocenters. The molecule has 0 aliphatic carbocycles. The number of unbranched alkanes of at least 4 members (excludes halogenated alkanes) is 1. The van der Waals surface area contributed by atoms with E-state index in [9.17, 15) is 14.7 Å². The minimum atomic E-state index is -1.15. The lowest BCUT2D eigenvalue weighted by molar-refractivity contribution is -0.120. The monoisotopic (exact) mass is 376 g/mol. The maximum Gasteiger partial charge on any atom is 0.217 e. The molecule has 1 rings (SSSR count). The molecule has 1 amide bonds. The predicted octanol–water partition coefficient (Wildman–Crippen LogP) is 3.76. The average molecular weight is 377 g/mol. The van der Waals surface area contributed by atoms with E-state index in [1.54, 1.807) is 29.6 Å². The van der Waals surface area contributed by atoms with Crippen LogP contribution >= 0.6 is 11.3 Å². The number of amides is 1. The molecular weight excluding hydrogens is 348 g/mol. The zero-order valence-electron chi connectivity index (χ0n) is 15.6. The summed E-state index contributed by atoms with van der Waals surface area (Å²) in [6.07, 6.45) is 9.54. The largest absolute Gasteiger partial charge is 0.381 e. The second-order valence-electron chi connectivity index (χ2n) is 6.52. The standard InChI is InChI=1S/C20H28N2O3S/c1-14(2)20-22-16(13-26-20)9-5-6-10-17(23)18(24)12-15(3)8-4-7-11-19(21)25/h5-6,9-10,12-14,18,24H,4,7-8,11H2,1-3H3,(H2,21,25)/b9-5-,10-6+,15-12+. The first-order chi connectivity index (χ1) is 12.3. The van der Waals surface area contributed by atoms with Crippen LogP contribution in [0.2, 0.25) is 0 Å². The molecule has 1 aromatic rings. The van der Waals surface area contributed by atoms with Crippen LogP contribution in [-0.4, -0.2) is 27.9 Å². The van der Waals surface area contributed by atoms with Gasteiger partial charge in [0.1, 0.15) is 6.10 Å². The van der Waals surface area contributed by atoms with Crippen LogP contribution in [0.3, 0.4) is 0 Å². The molecule has 0 saturated carbocycles. The van der Waals surface area contributed by atoms with Gasteiger partial charge in [-0.25, -0.2) is 4.98 Å². The first-order valence-electron chi connectivity index (χ1n) is 8.77. The van der Waals surface area contributed by atoms with Gasteiger partial charge in [-0.05, 0) is 44.4 Å². The molecule has 0 aliphatic rings. The minimum absolute atomic E-state index is 0.307. The van der Waals surface area contributed by atoms with E-state index in [-0.39, 0.29) is 11.7 Å². The third-order valence-corrected chi connectivity index (χ3v) is 4.81. The molecule has 1 unspecified atom stereocenters. The fraction of sp³-hybridized carbons (Fsp3) is 0.450. The average Bonchev–Trinajstić information content (AvgIpc) is 3.04.